The lowest BCUT2D eigenvalue weighted by molar-refractivity contribution is -0.122. The predicted molar refractivity (Wildman–Crippen MR) is 49.3 cm³/mol. The van der Waals surface area contributed by atoms with Crippen molar-refractivity contribution in [1.82, 2.24) is 15.3 Å². The normalized spacial score (nSPS) is 12.1. The summed E-state index contributed by atoms with van der Waals surface area (Å²) in [6.07, 6.45) is 4.19. The number of nitrogens with one attached hydrogen (secondary N) is 2. The van der Waals surface area contributed by atoms with E-state index < -0.39 is 6.04 Å². The third-order valence-corrected chi connectivity index (χ3v) is 1.69. The summed E-state index contributed by atoms with van der Waals surface area (Å²) in [6.45, 7) is -0.118. The number of aromatic amines is 1. The van der Waals surface area contributed by atoms with Crippen LogP contribution in [0.25, 0.3) is 0 Å². The van der Waals surface area contributed by atoms with Crippen molar-refractivity contribution in [1.29, 1.82) is 0 Å². The smallest absolute Gasteiger partial charge is 0.234 e. The van der Waals surface area contributed by atoms with Gasteiger partial charge in [-0.25, -0.2) is 4.98 Å². The molecule has 0 saturated heterocycles. The van der Waals surface area contributed by atoms with Crippen LogP contribution in [0.2, 0.25) is 0 Å². The van der Waals surface area contributed by atoms with Crippen molar-refractivity contribution in [3.05, 3.63) is 18.2 Å². The number of nitrogens with two attached hydrogens (primary N) is 1. The van der Waals surface area contributed by atoms with Gasteiger partial charge in [0.05, 0.1) is 18.9 Å². The van der Waals surface area contributed by atoms with Gasteiger partial charge in [0.15, 0.2) is 0 Å². The van der Waals surface area contributed by atoms with Gasteiger partial charge in [-0.2, -0.15) is 0 Å². The molecule has 1 aromatic rings. The topological polar surface area (TPSA) is 101 Å². The van der Waals surface area contributed by atoms with E-state index in [4.69, 9.17) is 5.73 Å². The van der Waals surface area contributed by atoms with Crippen molar-refractivity contribution >= 4 is 12.2 Å². The van der Waals surface area contributed by atoms with E-state index in [1.165, 1.54) is 6.33 Å². The summed E-state index contributed by atoms with van der Waals surface area (Å²) in [4.78, 5) is 28.1. The van der Waals surface area contributed by atoms with Crippen molar-refractivity contribution in [2.24, 2.45) is 5.73 Å². The average Bonchev–Trinajstić information content (AvgIpc) is 2.69. The molecule has 0 spiro atoms. The minimum absolute atomic E-state index is 0.118. The number of carbonyl (C=O) groups excluding carboxylic acids is 2. The van der Waals surface area contributed by atoms with Crippen LogP contribution in [0.15, 0.2) is 12.5 Å². The van der Waals surface area contributed by atoms with E-state index in [0.29, 0.717) is 12.7 Å². The third-order valence-electron chi connectivity index (χ3n) is 1.69. The maximum absolute atomic E-state index is 10.9. The maximum atomic E-state index is 10.9. The van der Waals surface area contributed by atoms with E-state index in [9.17, 15) is 9.59 Å². The van der Waals surface area contributed by atoms with Gasteiger partial charge in [0, 0.05) is 18.3 Å². The molecule has 1 aromatic heterocycles. The molecule has 0 aromatic carbocycles. The molecule has 0 bridgehead atoms. The fraction of sp³-hybridized carbons (Fsp3) is 0.375. The summed E-state index contributed by atoms with van der Waals surface area (Å²) in [5.74, 6) is -0.346. The van der Waals surface area contributed by atoms with E-state index >= 15 is 0 Å². The van der Waals surface area contributed by atoms with Crippen LogP contribution >= 0.6 is 0 Å². The molecule has 1 atom stereocenters. The second-order valence-electron chi connectivity index (χ2n) is 2.80. The molecule has 0 aliphatic carbocycles. The van der Waals surface area contributed by atoms with E-state index in [1.807, 2.05) is 0 Å². The highest BCUT2D eigenvalue weighted by atomic mass is 16.2. The molecule has 0 radical (unpaired) electrons. The quantitative estimate of drug-likeness (QED) is 0.504. The number of imidazole rings is 1. The molecular weight excluding hydrogens is 184 g/mol. The van der Waals surface area contributed by atoms with Gasteiger partial charge in [-0.05, 0) is 0 Å². The van der Waals surface area contributed by atoms with Crippen LogP contribution in [-0.2, 0) is 16.0 Å². The van der Waals surface area contributed by atoms with Crippen LogP contribution < -0.4 is 11.1 Å². The number of hydrogen-bond donors (Lipinski definition) is 3. The Morgan fingerprint density at radius 1 is 1.79 bits per heavy atom. The highest BCUT2D eigenvalue weighted by molar-refractivity contribution is 5.81. The fourth-order valence-electron chi connectivity index (χ4n) is 1.03. The van der Waals surface area contributed by atoms with Gasteiger partial charge in [0.25, 0.3) is 0 Å². The Morgan fingerprint density at radius 2 is 2.57 bits per heavy atom. The van der Waals surface area contributed by atoms with Gasteiger partial charge >= 0.3 is 0 Å². The van der Waals surface area contributed by atoms with Crippen molar-refractivity contribution < 1.29 is 9.59 Å². The first-order valence-corrected chi connectivity index (χ1v) is 4.18. The lowest BCUT2D eigenvalue weighted by atomic mass is 10.2. The number of amides is 1. The Morgan fingerprint density at radius 3 is 3.07 bits per heavy atom. The Balaban J connectivity index is 2.47. The fourth-order valence-corrected chi connectivity index (χ4v) is 1.03. The molecule has 1 unspecified atom stereocenters. The van der Waals surface area contributed by atoms with Crippen LogP contribution in [0.1, 0.15) is 5.69 Å². The Bertz CT molecular complexity index is 296. The zero-order valence-electron chi connectivity index (χ0n) is 7.56. The van der Waals surface area contributed by atoms with Crippen molar-refractivity contribution in [3.8, 4) is 0 Å². The molecule has 76 valence electrons. The van der Waals surface area contributed by atoms with E-state index in [2.05, 4.69) is 15.3 Å². The van der Waals surface area contributed by atoms with Crippen molar-refractivity contribution in [2.75, 3.05) is 6.54 Å². The standard InChI is InChI=1S/C8H12N4O2/c9-2-8(14)12-7(4-13)1-6-3-10-5-11-6/h3-5,7H,1-2,9H2,(H,10,11)(H,12,14). The van der Waals surface area contributed by atoms with Gasteiger partial charge < -0.3 is 20.8 Å². The van der Waals surface area contributed by atoms with Crippen molar-refractivity contribution in [2.45, 2.75) is 12.5 Å². The van der Waals surface area contributed by atoms with Crippen LogP contribution in [0, 0.1) is 0 Å². The minimum Gasteiger partial charge on any atom is -0.348 e. The Labute approximate surface area is 80.9 Å². The van der Waals surface area contributed by atoms with Crippen LogP contribution in [-0.4, -0.2) is 34.7 Å². The molecular formula is C8H12N4O2. The van der Waals surface area contributed by atoms with Crippen LogP contribution in [0.5, 0.6) is 0 Å². The highest BCUT2D eigenvalue weighted by Gasteiger charge is 2.11. The molecule has 0 saturated carbocycles. The highest BCUT2D eigenvalue weighted by Crippen LogP contribution is 1.95. The molecule has 1 heterocycles. The monoisotopic (exact) mass is 196 g/mol. The predicted octanol–water partition coefficient (Wildman–Crippen LogP) is -1.41. The minimum atomic E-state index is -0.550. The first-order chi connectivity index (χ1) is 6.76. The summed E-state index contributed by atoms with van der Waals surface area (Å²) in [5.41, 5.74) is 5.89. The maximum Gasteiger partial charge on any atom is 0.234 e. The first-order valence-electron chi connectivity index (χ1n) is 4.18. The summed E-state index contributed by atoms with van der Waals surface area (Å²) in [5, 5.41) is 2.47. The summed E-state index contributed by atoms with van der Waals surface area (Å²) in [6, 6.07) is -0.550. The zero-order chi connectivity index (χ0) is 10.4. The Hall–Kier alpha value is -1.69. The molecule has 6 heteroatoms. The molecule has 0 aliphatic heterocycles. The van der Waals surface area contributed by atoms with E-state index in [1.54, 1.807) is 6.20 Å². The zero-order valence-corrected chi connectivity index (χ0v) is 7.56. The van der Waals surface area contributed by atoms with Gasteiger partial charge in [-0.3, -0.25) is 4.79 Å². The average molecular weight is 196 g/mol. The molecule has 0 fully saturated rings. The molecule has 4 N–H and O–H groups in total. The van der Waals surface area contributed by atoms with Gasteiger partial charge in [0.2, 0.25) is 5.91 Å². The first kappa shape index (κ1) is 10.4. The third kappa shape index (κ3) is 2.98. The van der Waals surface area contributed by atoms with Gasteiger partial charge in [0.1, 0.15) is 6.29 Å². The lowest BCUT2D eigenvalue weighted by Gasteiger charge is -2.10. The summed E-state index contributed by atoms with van der Waals surface area (Å²) >= 11 is 0. The molecule has 0 aliphatic rings. The van der Waals surface area contributed by atoms with Gasteiger partial charge in [-0.1, -0.05) is 0 Å². The molecule has 6 nitrogen and oxygen atoms in total. The molecule has 1 rings (SSSR count). The molecule has 1 amide bonds. The van der Waals surface area contributed by atoms with E-state index in [0.717, 1.165) is 5.69 Å². The number of aldehydes is 1. The number of aromatic nitrogens is 2. The Kier molecular flexibility index (Phi) is 3.81. The van der Waals surface area contributed by atoms with E-state index in [-0.39, 0.29) is 12.5 Å². The largest absolute Gasteiger partial charge is 0.348 e. The number of rotatable bonds is 5. The number of nitrogens with zero attached hydrogens (tertiary/aromatic N) is 1. The number of H-pyrrole nitrogens is 1. The second kappa shape index (κ2) is 5.13. The van der Waals surface area contributed by atoms with Crippen LogP contribution in [0.3, 0.4) is 0 Å². The van der Waals surface area contributed by atoms with Gasteiger partial charge in [-0.15, -0.1) is 0 Å². The number of carbonyl (C=O) groups is 2. The second-order valence-corrected chi connectivity index (χ2v) is 2.80. The molecule has 14 heavy (non-hydrogen) atoms. The summed E-state index contributed by atoms with van der Waals surface area (Å²) < 4.78 is 0. The van der Waals surface area contributed by atoms with Crippen molar-refractivity contribution in [3.63, 3.8) is 0 Å². The summed E-state index contributed by atoms with van der Waals surface area (Å²) in [7, 11) is 0. The number of hydrogen-bond acceptors (Lipinski definition) is 4. The SMILES string of the molecule is NCC(=O)NC(C=O)Cc1cnc[nH]1. The lowest BCUT2D eigenvalue weighted by Crippen LogP contribution is -2.41. The van der Waals surface area contributed by atoms with Crippen LogP contribution in [0.4, 0.5) is 0 Å².